The summed E-state index contributed by atoms with van der Waals surface area (Å²) in [5.74, 6) is 0.598. The van der Waals surface area contributed by atoms with Crippen molar-refractivity contribution in [1.82, 2.24) is 0 Å². The van der Waals surface area contributed by atoms with Crippen LogP contribution < -0.4 is 15.4 Å². The van der Waals surface area contributed by atoms with Gasteiger partial charge in [0.2, 0.25) is 5.91 Å². The fourth-order valence-corrected chi connectivity index (χ4v) is 2.57. The van der Waals surface area contributed by atoms with E-state index in [1.807, 2.05) is 24.3 Å². The lowest BCUT2D eigenvalue weighted by molar-refractivity contribution is -0.114. The van der Waals surface area contributed by atoms with Crippen LogP contribution in [0.2, 0.25) is 10.0 Å². The lowest BCUT2D eigenvalue weighted by Gasteiger charge is -2.10. The lowest BCUT2D eigenvalue weighted by Crippen LogP contribution is -2.21. The van der Waals surface area contributed by atoms with Crippen LogP contribution in [0.15, 0.2) is 42.5 Å². The number of unbranched alkanes of at least 4 members (excludes halogenated alkanes) is 1. The van der Waals surface area contributed by atoms with Crippen molar-refractivity contribution in [3.63, 3.8) is 0 Å². The summed E-state index contributed by atoms with van der Waals surface area (Å²) in [6.45, 7) is 2.94. The molecule has 0 aliphatic carbocycles. The molecule has 4 nitrogen and oxygen atoms in total. The van der Waals surface area contributed by atoms with Gasteiger partial charge in [-0.2, -0.15) is 0 Å². The molecule has 0 heterocycles. The van der Waals surface area contributed by atoms with Crippen molar-refractivity contribution < 1.29 is 9.53 Å². The van der Waals surface area contributed by atoms with Crippen molar-refractivity contribution in [3.05, 3.63) is 52.5 Å². The smallest absolute Gasteiger partial charge is 0.243 e. The van der Waals surface area contributed by atoms with Gasteiger partial charge in [-0.15, -0.1) is 0 Å². The van der Waals surface area contributed by atoms with E-state index in [0.29, 0.717) is 22.3 Å². The summed E-state index contributed by atoms with van der Waals surface area (Å²) in [6.07, 6.45) is 2.11. The van der Waals surface area contributed by atoms with Gasteiger partial charge in [0, 0.05) is 27.5 Å². The van der Waals surface area contributed by atoms with Crippen LogP contribution in [0.1, 0.15) is 19.8 Å². The van der Waals surface area contributed by atoms with E-state index in [1.165, 1.54) is 0 Å². The second-order valence-electron chi connectivity index (χ2n) is 5.29. The third kappa shape index (κ3) is 6.30. The average molecular weight is 367 g/mol. The predicted molar refractivity (Wildman–Crippen MR) is 100 cm³/mol. The SMILES string of the molecule is CCCCOc1cccc(NCC(=O)Nc2cc(Cl)cc(Cl)c2)c1. The van der Waals surface area contributed by atoms with Gasteiger partial charge in [-0.05, 0) is 36.8 Å². The Morgan fingerprint density at radius 3 is 2.54 bits per heavy atom. The van der Waals surface area contributed by atoms with Crippen LogP contribution in [0.25, 0.3) is 0 Å². The number of nitrogens with one attached hydrogen (secondary N) is 2. The summed E-state index contributed by atoms with van der Waals surface area (Å²) >= 11 is 11.8. The number of amides is 1. The highest BCUT2D eigenvalue weighted by molar-refractivity contribution is 6.35. The first-order valence-electron chi connectivity index (χ1n) is 7.79. The number of hydrogen-bond acceptors (Lipinski definition) is 3. The lowest BCUT2D eigenvalue weighted by atomic mass is 10.3. The molecule has 0 radical (unpaired) electrons. The van der Waals surface area contributed by atoms with E-state index in [-0.39, 0.29) is 12.5 Å². The number of ether oxygens (including phenoxy) is 1. The molecule has 128 valence electrons. The molecule has 0 atom stereocenters. The molecule has 0 saturated carbocycles. The Kier molecular flexibility index (Phi) is 7.22. The highest BCUT2D eigenvalue weighted by atomic mass is 35.5. The number of carbonyl (C=O) groups excluding carboxylic acids is 1. The minimum absolute atomic E-state index is 0.128. The first kappa shape index (κ1) is 18.4. The fourth-order valence-electron chi connectivity index (χ4n) is 2.04. The van der Waals surface area contributed by atoms with Gasteiger partial charge < -0.3 is 15.4 Å². The molecule has 0 fully saturated rings. The molecule has 1 amide bonds. The molecular weight excluding hydrogens is 347 g/mol. The molecule has 0 unspecified atom stereocenters. The molecule has 2 aromatic carbocycles. The molecule has 24 heavy (non-hydrogen) atoms. The van der Waals surface area contributed by atoms with Crippen molar-refractivity contribution in [2.75, 3.05) is 23.8 Å². The second-order valence-corrected chi connectivity index (χ2v) is 6.16. The van der Waals surface area contributed by atoms with Crippen LogP contribution in [0.4, 0.5) is 11.4 Å². The maximum Gasteiger partial charge on any atom is 0.243 e. The maximum atomic E-state index is 12.0. The van der Waals surface area contributed by atoms with Gasteiger partial charge in [-0.3, -0.25) is 4.79 Å². The number of anilines is 2. The molecule has 2 rings (SSSR count). The Morgan fingerprint density at radius 2 is 1.83 bits per heavy atom. The van der Waals surface area contributed by atoms with Gasteiger partial charge in [-0.1, -0.05) is 42.6 Å². The van der Waals surface area contributed by atoms with E-state index >= 15 is 0 Å². The Bertz CT molecular complexity index is 672. The summed E-state index contributed by atoms with van der Waals surface area (Å²) in [5.41, 5.74) is 1.39. The molecule has 2 aromatic rings. The molecule has 0 spiro atoms. The Labute approximate surface area is 152 Å². The zero-order chi connectivity index (χ0) is 17.4. The van der Waals surface area contributed by atoms with Crippen LogP contribution in [0.5, 0.6) is 5.75 Å². The summed E-state index contributed by atoms with van der Waals surface area (Å²) in [7, 11) is 0. The van der Waals surface area contributed by atoms with Crippen LogP contribution in [0, 0.1) is 0 Å². The van der Waals surface area contributed by atoms with E-state index < -0.39 is 0 Å². The van der Waals surface area contributed by atoms with Crippen molar-refractivity contribution in [1.29, 1.82) is 0 Å². The standard InChI is InChI=1S/C18H20Cl2N2O2/c1-2-3-7-24-17-6-4-5-15(11-17)21-12-18(23)22-16-9-13(19)8-14(20)10-16/h4-6,8-11,21H,2-3,7,12H2,1H3,(H,22,23). The van der Waals surface area contributed by atoms with Crippen LogP contribution in [-0.4, -0.2) is 19.1 Å². The summed E-state index contributed by atoms with van der Waals surface area (Å²) < 4.78 is 5.65. The van der Waals surface area contributed by atoms with Crippen molar-refractivity contribution in [2.45, 2.75) is 19.8 Å². The first-order valence-corrected chi connectivity index (χ1v) is 8.55. The molecule has 0 saturated heterocycles. The van der Waals surface area contributed by atoms with Gasteiger partial charge >= 0.3 is 0 Å². The minimum atomic E-state index is -0.189. The van der Waals surface area contributed by atoms with Crippen LogP contribution in [0.3, 0.4) is 0 Å². The van der Waals surface area contributed by atoms with Crippen molar-refractivity contribution >= 4 is 40.5 Å². The second kappa shape index (κ2) is 9.40. The molecule has 0 aromatic heterocycles. The monoisotopic (exact) mass is 366 g/mol. The van der Waals surface area contributed by atoms with E-state index in [0.717, 1.165) is 24.3 Å². The van der Waals surface area contributed by atoms with Crippen LogP contribution in [-0.2, 0) is 4.79 Å². The van der Waals surface area contributed by atoms with Gasteiger partial charge in [0.1, 0.15) is 5.75 Å². The van der Waals surface area contributed by atoms with Gasteiger partial charge in [-0.25, -0.2) is 0 Å². The highest BCUT2D eigenvalue weighted by Crippen LogP contribution is 2.22. The third-order valence-corrected chi connectivity index (χ3v) is 3.64. The highest BCUT2D eigenvalue weighted by Gasteiger charge is 2.05. The topological polar surface area (TPSA) is 50.4 Å². The number of benzene rings is 2. The normalized spacial score (nSPS) is 10.3. The van der Waals surface area contributed by atoms with E-state index in [2.05, 4.69) is 17.6 Å². The molecule has 0 bridgehead atoms. The summed E-state index contributed by atoms with van der Waals surface area (Å²) in [6, 6.07) is 12.4. The van der Waals surface area contributed by atoms with Gasteiger partial charge in [0.05, 0.1) is 13.2 Å². The number of halogens is 2. The van der Waals surface area contributed by atoms with E-state index in [9.17, 15) is 4.79 Å². The molecule has 6 heteroatoms. The Morgan fingerprint density at radius 1 is 1.08 bits per heavy atom. The van der Waals surface area contributed by atoms with Gasteiger partial charge in [0.25, 0.3) is 0 Å². The van der Waals surface area contributed by atoms with E-state index in [1.54, 1.807) is 18.2 Å². The molecule has 0 aliphatic rings. The van der Waals surface area contributed by atoms with Gasteiger partial charge in [0.15, 0.2) is 0 Å². The maximum absolute atomic E-state index is 12.0. The first-order chi connectivity index (χ1) is 11.6. The minimum Gasteiger partial charge on any atom is -0.494 e. The molecule has 2 N–H and O–H groups in total. The van der Waals surface area contributed by atoms with E-state index in [4.69, 9.17) is 27.9 Å². The average Bonchev–Trinajstić information content (AvgIpc) is 2.53. The fraction of sp³-hybridized carbons (Fsp3) is 0.278. The Balaban J connectivity index is 1.86. The Hall–Kier alpha value is -1.91. The summed E-state index contributed by atoms with van der Waals surface area (Å²) in [5, 5.41) is 6.76. The van der Waals surface area contributed by atoms with Crippen molar-refractivity contribution in [2.24, 2.45) is 0 Å². The largest absolute Gasteiger partial charge is 0.494 e. The molecule has 0 aliphatic heterocycles. The number of rotatable bonds is 8. The predicted octanol–water partition coefficient (Wildman–Crippen LogP) is 5.22. The quantitative estimate of drug-likeness (QED) is 0.629. The van der Waals surface area contributed by atoms with Crippen molar-refractivity contribution in [3.8, 4) is 5.75 Å². The molecular formula is C18H20Cl2N2O2. The zero-order valence-corrected chi connectivity index (χ0v) is 15.0. The van der Waals surface area contributed by atoms with Crippen LogP contribution >= 0.6 is 23.2 Å². The third-order valence-electron chi connectivity index (χ3n) is 3.20. The number of carbonyl (C=O) groups is 1. The zero-order valence-electron chi connectivity index (χ0n) is 13.4. The summed E-state index contributed by atoms with van der Waals surface area (Å²) in [4.78, 5) is 12.0. The number of hydrogen-bond donors (Lipinski definition) is 2.